The van der Waals surface area contributed by atoms with E-state index in [1.807, 2.05) is 0 Å². The van der Waals surface area contributed by atoms with Crippen molar-refractivity contribution >= 4 is 23.5 Å². The van der Waals surface area contributed by atoms with Crippen molar-refractivity contribution in [1.82, 2.24) is 15.0 Å². The van der Waals surface area contributed by atoms with Crippen LogP contribution in [0.15, 0.2) is 33.2 Å². The van der Waals surface area contributed by atoms with Crippen LogP contribution in [0.1, 0.15) is 0 Å². The summed E-state index contributed by atoms with van der Waals surface area (Å²) in [5, 5.41) is 4.10. The van der Waals surface area contributed by atoms with E-state index < -0.39 is 0 Å². The summed E-state index contributed by atoms with van der Waals surface area (Å²) >= 11 is 1.29. The Balaban J connectivity index is 2.24. The summed E-state index contributed by atoms with van der Waals surface area (Å²) in [4.78, 5) is 12.0. The van der Waals surface area contributed by atoms with Gasteiger partial charge in [0.15, 0.2) is 0 Å². The van der Waals surface area contributed by atoms with Gasteiger partial charge in [-0.05, 0) is 11.8 Å². The zero-order valence-electron chi connectivity index (χ0n) is 7.97. The van der Waals surface area contributed by atoms with Gasteiger partial charge in [-0.1, -0.05) is 0 Å². The third-order valence-corrected chi connectivity index (χ3v) is 2.37. The molecular formula is C8H9N5OS. The van der Waals surface area contributed by atoms with E-state index in [0.717, 1.165) is 0 Å². The maximum absolute atomic E-state index is 5.54. The zero-order chi connectivity index (χ0) is 10.7. The lowest BCUT2D eigenvalue weighted by molar-refractivity contribution is 0.454. The Hall–Kier alpha value is -1.76. The molecule has 0 saturated carbocycles. The minimum Gasteiger partial charge on any atom is -0.440 e. The minimum absolute atomic E-state index is 0.218. The number of anilines is 2. The largest absolute Gasteiger partial charge is 0.440 e. The summed E-state index contributed by atoms with van der Waals surface area (Å²) in [5.74, 6) is 0.882. The molecule has 2 heterocycles. The monoisotopic (exact) mass is 223 g/mol. The standard InChI is InChI=1S/C8H9N5OS/c1-10-5-4-6(13-7(9)12-5)15-8-11-2-3-14-8/h2-4H,1H3,(H3,9,10,12,13). The Kier molecular flexibility index (Phi) is 2.72. The van der Waals surface area contributed by atoms with Crippen molar-refractivity contribution in [1.29, 1.82) is 0 Å². The van der Waals surface area contributed by atoms with Gasteiger partial charge in [-0.25, -0.2) is 9.97 Å². The molecule has 3 N–H and O–H groups in total. The highest BCUT2D eigenvalue weighted by atomic mass is 32.2. The van der Waals surface area contributed by atoms with Crippen molar-refractivity contribution in [2.24, 2.45) is 0 Å². The van der Waals surface area contributed by atoms with Crippen LogP contribution < -0.4 is 11.1 Å². The molecule has 0 fully saturated rings. The molecule has 0 aromatic carbocycles. The lowest BCUT2D eigenvalue weighted by Gasteiger charge is -2.02. The van der Waals surface area contributed by atoms with Crippen molar-refractivity contribution in [2.45, 2.75) is 10.2 Å². The smallest absolute Gasteiger partial charge is 0.261 e. The molecule has 2 aromatic heterocycles. The molecule has 0 aliphatic rings. The predicted octanol–water partition coefficient (Wildman–Crippen LogP) is 1.24. The number of nitrogens with zero attached hydrogens (tertiary/aromatic N) is 3. The van der Waals surface area contributed by atoms with E-state index in [2.05, 4.69) is 20.3 Å². The van der Waals surface area contributed by atoms with Crippen LogP contribution in [0.3, 0.4) is 0 Å². The fraction of sp³-hybridized carbons (Fsp3) is 0.125. The summed E-state index contributed by atoms with van der Waals surface area (Å²) in [6, 6.07) is 1.77. The molecule has 2 rings (SSSR count). The Labute approximate surface area is 90.3 Å². The van der Waals surface area contributed by atoms with Gasteiger partial charge in [0, 0.05) is 13.1 Å². The first kappa shape index (κ1) is 9.78. The fourth-order valence-corrected chi connectivity index (χ4v) is 1.68. The first-order valence-electron chi connectivity index (χ1n) is 4.17. The van der Waals surface area contributed by atoms with E-state index in [0.29, 0.717) is 16.1 Å². The normalized spacial score (nSPS) is 10.2. The van der Waals surface area contributed by atoms with Crippen LogP contribution in [0, 0.1) is 0 Å². The van der Waals surface area contributed by atoms with Gasteiger partial charge in [-0.3, -0.25) is 0 Å². The van der Waals surface area contributed by atoms with Gasteiger partial charge >= 0.3 is 0 Å². The Morgan fingerprint density at radius 2 is 2.33 bits per heavy atom. The third kappa shape index (κ3) is 2.38. The molecule has 0 bridgehead atoms. The van der Waals surface area contributed by atoms with Crippen molar-refractivity contribution < 1.29 is 4.42 Å². The number of oxazole rings is 1. The quantitative estimate of drug-likeness (QED) is 0.756. The maximum atomic E-state index is 5.54. The maximum Gasteiger partial charge on any atom is 0.261 e. The number of rotatable bonds is 3. The Morgan fingerprint density at radius 1 is 1.47 bits per heavy atom. The van der Waals surface area contributed by atoms with Crippen LogP contribution in [0.4, 0.5) is 11.8 Å². The lowest BCUT2D eigenvalue weighted by Crippen LogP contribution is -2.00. The summed E-state index contributed by atoms with van der Waals surface area (Å²) in [7, 11) is 1.77. The molecule has 0 saturated heterocycles. The summed E-state index contributed by atoms with van der Waals surface area (Å²) in [6.45, 7) is 0. The molecule has 0 atom stereocenters. The SMILES string of the molecule is CNc1cc(Sc2ncco2)nc(N)n1. The van der Waals surface area contributed by atoms with Crippen LogP contribution in [0.25, 0.3) is 0 Å². The Bertz CT molecular complexity index is 444. The van der Waals surface area contributed by atoms with Crippen molar-refractivity contribution in [3.05, 3.63) is 18.5 Å². The number of nitrogen functional groups attached to an aromatic ring is 1. The number of nitrogens with two attached hydrogens (primary N) is 1. The van der Waals surface area contributed by atoms with Gasteiger partial charge < -0.3 is 15.5 Å². The second kappa shape index (κ2) is 4.18. The topological polar surface area (TPSA) is 89.9 Å². The van der Waals surface area contributed by atoms with Crippen molar-refractivity contribution in [3.8, 4) is 0 Å². The van der Waals surface area contributed by atoms with Gasteiger partial charge in [-0.15, -0.1) is 0 Å². The third-order valence-electron chi connectivity index (χ3n) is 1.58. The van der Waals surface area contributed by atoms with E-state index in [1.54, 1.807) is 19.3 Å². The predicted molar refractivity (Wildman–Crippen MR) is 56.6 cm³/mol. The summed E-state index contributed by atoms with van der Waals surface area (Å²) in [5.41, 5.74) is 5.54. The molecule has 15 heavy (non-hydrogen) atoms. The molecule has 0 radical (unpaired) electrons. The second-order valence-corrected chi connectivity index (χ2v) is 3.57. The molecule has 0 aliphatic heterocycles. The van der Waals surface area contributed by atoms with Crippen molar-refractivity contribution in [3.63, 3.8) is 0 Å². The van der Waals surface area contributed by atoms with Crippen LogP contribution in [0.2, 0.25) is 0 Å². The first-order valence-corrected chi connectivity index (χ1v) is 4.99. The Morgan fingerprint density at radius 3 is 3.00 bits per heavy atom. The van der Waals surface area contributed by atoms with Crippen molar-refractivity contribution in [2.75, 3.05) is 18.1 Å². The summed E-state index contributed by atoms with van der Waals surface area (Å²) in [6.07, 6.45) is 3.08. The van der Waals surface area contributed by atoms with E-state index in [9.17, 15) is 0 Å². The van der Waals surface area contributed by atoms with Gasteiger partial charge in [-0.2, -0.15) is 4.98 Å². The lowest BCUT2D eigenvalue weighted by atomic mass is 10.6. The minimum atomic E-state index is 0.218. The number of hydrogen-bond donors (Lipinski definition) is 2. The van der Waals surface area contributed by atoms with Crippen LogP contribution >= 0.6 is 11.8 Å². The number of hydrogen-bond acceptors (Lipinski definition) is 7. The number of nitrogens with one attached hydrogen (secondary N) is 1. The van der Waals surface area contributed by atoms with E-state index >= 15 is 0 Å². The van der Waals surface area contributed by atoms with Crippen LogP contribution in [0.5, 0.6) is 0 Å². The van der Waals surface area contributed by atoms with Crippen LogP contribution in [-0.4, -0.2) is 22.0 Å². The highest BCUT2D eigenvalue weighted by Crippen LogP contribution is 2.25. The molecule has 2 aromatic rings. The molecule has 0 spiro atoms. The average Bonchev–Trinajstić information content (AvgIpc) is 2.69. The molecule has 0 aliphatic carbocycles. The second-order valence-electron chi connectivity index (χ2n) is 2.60. The van der Waals surface area contributed by atoms with Crippen LogP contribution in [-0.2, 0) is 0 Å². The van der Waals surface area contributed by atoms with Gasteiger partial charge in [0.1, 0.15) is 17.1 Å². The fourth-order valence-electron chi connectivity index (χ4n) is 0.973. The van der Waals surface area contributed by atoms with Gasteiger partial charge in [0.25, 0.3) is 5.22 Å². The van der Waals surface area contributed by atoms with Gasteiger partial charge in [0.05, 0.1) is 6.20 Å². The summed E-state index contributed by atoms with van der Waals surface area (Å²) < 4.78 is 5.08. The highest BCUT2D eigenvalue weighted by Gasteiger charge is 2.06. The molecule has 0 amide bonds. The average molecular weight is 223 g/mol. The first-order chi connectivity index (χ1) is 7.28. The number of aromatic nitrogens is 3. The van der Waals surface area contributed by atoms with E-state index in [-0.39, 0.29) is 5.95 Å². The molecular weight excluding hydrogens is 214 g/mol. The van der Waals surface area contributed by atoms with Gasteiger partial charge in [0.2, 0.25) is 5.95 Å². The highest BCUT2D eigenvalue weighted by molar-refractivity contribution is 7.99. The molecule has 6 nitrogen and oxygen atoms in total. The molecule has 0 unspecified atom stereocenters. The van der Waals surface area contributed by atoms with E-state index in [4.69, 9.17) is 10.2 Å². The zero-order valence-corrected chi connectivity index (χ0v) is 8.78. The van der Waals surface area contributed by atoms with E-state index in [1.165, 1.54) is 18.0 Å². The molecule has 7 heteroatoms. The molecule has 78 valence electrons.